The molecule has 2 aromatic rings. The molecule has 3 heterocycles. The van der Waals surface area contributed by atoms with Crippen LogP contribution in [0.15, 0.2) is 36.5 Å². The van der Waals surface area contributed by atoms with E-state index in [1.54, 1.807) is 25.4 Å². The lowest BCUT2D eigenvalue weighted by Gasteiger charge is -2.28. The van der Waals surface area contributed by atoms with Gasteiger partial charge in [-0.05, 0) is 67.7 Å². The smallest absolute Gasteiger partial charge is 0.258 e. The number of fused-ring (bicyclic) bond motifs is 1. The number of aromatic nitrogens is 1. The maximum absolute atomic E-state index is 13.1. The maximum atomic E-state index is 13.1. The summed E-state index contributed by atoms with van der Waals surface area (Å²) in [5.74, 6) is 1.71. The van der Waals surface area contributed by atoms with Crippen LogP contribution in [0.3, 0.4) is 0 Å². The van der Waals surface area contributed by atoms with Crippen molar-refractivity contribution >= 4 is 23.2 Å². The largest absolute Gasteiger partial charge is 0.497 e. The van der Waals surface area contributed by atoms with Gasteiger partial charge in [-0.15, -0.1) is 0 Å². The van der Waals surface area contributed by atoms with Crippen LogP contribution in [0.25, 0.3) is 0 Å². The molecule has 1 atom stereocenters. The number of ether oxygens (including phenoxy) is 1. The van der Waals surface area contributed by atoms with Crippen LogP contribution in [-0.2, 0) is 0 Å². The molecule has 0 aliphatic carbocycles. The third-order valence-corrected chi connectivity index (χ3v) is 5.68. The molecule has 1 saturated heterocycles. The number of hydrogen-bond acceptors (Lipinski definition) is 4. The fourth-order valence-electron chi connectivity index (χ4n) is 4.13. The van der Waals surface area contributed by atoms with Gasteiger partial charge in [-0.1, -0.05) is 11.6 Å². The number of hydrogen-bond donors (Lipinski definition) is 1. The third-order valence-electron chi connectivity index (χ3n) is 5.48. The molecule has 1 aromatic heterocycles. The van der Waals surface area contributed by atoms with Gasteiger partial charge in [0.1, 0.15) is 10.9 Å². The van der Waals surface area contributed by atoms with Crippen molar-refractivity contribution in [3.63, 3.8) is 0 Å². The number of anilines is 1. The van der Waals surface area contributed by atoms with Gasteiger partial charge in [0.05, 0.1) is 7.11 Å². The summed E-state index contributed by atoms with van der Waals surface area (Å²) in [7, 11) is 1.68. The quantitative estimate of drug-likeness (QED) is 0.839. The maximum Gasteiger partial charge on any atom is 0.258 e. The van der Waals surface area contributed by atoms with E-state index in [0.717, 1.165) is 37.4 Å². The monoisotopic (exact) mass is 371 g/mol. The highest BCUT2D eigenvalue weighted by Crippen LogP contribution is 2.45. The van der Waals surface area contributed by atoms with Crippen molar-refractivity contribution in [2.75, 3.05) is 31.6 Å². The van der Waals surface area contributed by atoms with E-state index in [1.807, 2.05) is 17.0 Å². The number of piperidine rings is 1. The molecular weight excluding hydrogens is 350 g/mol. The average Bonchev–Trinajstić information content (AvgIpc) is 3.06. The Labute approximate surface area is 158 Å². The number of carbonyl (C=O) groups is 1. The number of methoxy groups -OCH3 is 1. The van der Waals surface area contributed by atoms with Gasteiger partial charge in [0.25, 0.3) is 5.91 Å². The molecule has 136 valence electrons. The lowest BCUT2D eigenvalue weighted by molar-refractivity contribution is 0.0986. The molecule has 0 spiro atoms. The van der Waals surface area contributed by atoms with E-state index in [2.05, 4.69) is 16.4 Å². The standard InChI is InChI=1S/C20H22ClN3O2/c1-26-15-2-3-18-16(11-15)17(13-4-7-22-8-5-13)12-24(18)20(25)14-6-9-23-19(21)10-14/h2-3,6,9-11,13,17,22H,4-5,7-8,12H2,1H3. The number of pyridine rings is 1. The van der Waals surface area contributed by atoms with Crippen LogP contribution in [0.5, 0.6) is 5.75 Å². The van der Waals surface area contributed by atoms with Crippen LogP contribution in [0.4, 0.5) is 5.69 Å². The summed E-state index contributed by atoms with van der Waals surface area (Å²) in [6.45, 7) is 2.77. The van der Waals surface area contributed by atoms with Crippen LogP contribution >= 0.6 is 11.6 Å². The molecule has 1 unspecified atom stereocenters. The van der Waals surface area contributed by atoms with Crippen molar-refractivity contribution in [2.24, 2.45) is 5.92 Å². The summed E-state index contributed by atoms with van der Waals surface area (Å²) < 4.78 is 5.43. The summed E-state index contributed by atoms with van der Waals surface area (Å²) in [5, 5.41) is 3.76. The first kappa shape index (κ1) is 17.3. The van der Waals surface area contributed by atoms with Crippen molar-refractivity contribution in [3.05, 3.63) is 52.8 Å². The Balaban J connectivity index is 1.70. The van der Waals surface area contributed by atoms with Gasteiger partial charge in [-0.2, -0.15) is 0 Å². The first-order valence-electron chi connectivity index (χ1n) is 8.99. The molecule has 1 aromatic carbocycles. The summed E-state index contributed by atoms with van der Waals surface area (Å²) >= 11 is 5.98. The highest BCUT2D eigenvalue weighted by atomic mass is 35.5. The minimum absolute atomic E-state index is 0.0304. The fourth-order valence-corrected chi connectivity index (χ4v) is 4.30. The van der Waals surface area contributed by atoms with Gasteiger partial charge in [0.15, 0.2) is 0 Å². The normalized spacial score (nSPS) is 20.1. The molecule has 1 N–H and O–H groups in total. The molecule has 1 fully saturated rings. The second-order valence-corrected chi connectivity index (χ2v) is 7.29. The van der Waals surface area contributed by atoms with E-state index >= 15 is 0 Å². The number of benzene rings is 1. The second kappa shape index (κ2) is 7.25. The SMILES string of the molecule is COc1ccc2c(c1)C(C1CCNCC1)CN2C(=O)c1ccnc(Cl)c1. The number of rotatable bonds is 3. The first-order chi connectivity index (χ1) is 12.7. The number of nitrogens with zero attached hydrogens (tertiary/aromatic N) is 2. The van der Waals surface area contributed by atoms with Crippen molar-refractivity contribution in [3.8, 4) is 5.75 Å². The highest BCUT2D eigenvalue weighted by Gasteiger charge is 2.37. The Kier molecular flexibility index (Phi) is 4.83. The predicted octanol–water partition coefficient (Wildman–Crippen LogP) is 3.49. The van der Waals surface area contributed by atoms with E-state index in [4.69, 9.17) is 16.3 Å². The van der Waals surface area contributed by atoms with Crippen molar-refractivity contribution < 1.29 is 9.53 Å². The molecule has 0 bridgehead atoms. The summed E-state index contributed by atoms with van der Waals surface area (Å²) in [4.78, 5) is 19.0. The minimum Gasteiger partial charge on any atom is -0.497 e. The van der Waals surface area contributed by atoms with Gasteiger partial charge in [0.2, 0.25) is 0 Å². The molecule has 2 aliphatic heterocycles. The highest BCUT2D eigenvalue weighted by molar-refractivity contribution is 6.29. The van der Waals surface area contributed by atoms with Gasteiger partial charge in [-0.25, -0.2) is 4.98 Å². The van der Waals surface area contributed by atoms with Crippen molar-refractivity contribution in [1.29, 1.82) is 0 Å². The molecule has 2 aliphatic rings. The Morgan fingerprint density at radius 1 is 1.27 bits per heavy atom. The van der Waals surface area contributed by atoms with E-state index in [9.17, 15) is 4.79 Å². The number of nitrogens with one attached hydrogen (secondary N) is 1. The Hall–Kier alpha value is -2.11. The van der Waals surface area contributed by atoms with E-state index < -0.39 is 0 Å². The van der Waals surface area contributed by atoms with Gasteiger partial charge in [0, 0.05) is 29.9 Å². The molecule has 6 heteroatoms. The Morgan fingerprint density at radius 2 is 2.08 bits per heavy atom. The Bertz CT molecular complexity index is 820. The first-order valence-corrected chi connectivity index (χ1v) is 9.37. The van der Waals surface area contributed by atoms with Gasteiger partial charge in [-0.3, -0.25) is 4.79 Å². The second-order valence-electron chi connectivity index (χ2n) is 6.90. The average molecular weight is 372 g/mol. The minimum atomic E-state index is -0.0304. The van der Waals surface area contributed by atoms with E-state index in [1.165, 1.54) is 5.56 Å². The summed E-state index contributed by atoms with van der Waals surface area (Å²) in [5.41, 5.74) is 2.76. The molecular formula is C20H22ClN3O2. The topological polar surface area (TPSA) is 54.5 Å². The molecule has 26 heavy (non-hydrogen) atoms. The predicted molar refractivity (Wildman–Crippen MR) is 102 cm³/mol. The van der Waals surface area contributed by atoms with Crippen LogP contribution in [-0.4, -0.2) is 37.6 Å². The molecule has 4 rings (SSSR count). The number of amides is 1. The van der Waals surface area contributed by atoms with Crippen LogP contribution in [0.1, 0.15) is 34.7 Å². The third kappa shape index (κ3) is 3.17. The Morgan fingerprint density at radius 3 is 2.81 bits per heavy atom. The number of halogens is 1. The zero-order valence-electron chi connectivity index (χ0n) is 14.7. The van der Waals surface area contributed by atoms with E-state index in [0.29, 0.717) is 29.1 Å². The van der Waals surface area contributed by atoms with Crippen LogP contribution in [0, 0.1) is 5.92 Å². The number of carbonyl (C=O) groups excluding carboxylic acids is 1. The molecule has 0 saturated carbocycles. The zero-order valence-corrected chi connectivity index (χ0v) is 15.5. The lowest BCUT2D eigenvalue weighted by atomic mass is 9.81. The zero-order chi connectivity index (χ0) is 18.1. The van der Waals surface area contributed by atoms with Gasteiger partial charge < -0.3 is 15.0 Å². The van der Waals surface area contributed by atoms with Gasteiger partial charge >= 0.3 is 0 Å². The lowest BCUT2D eigenvalue weighted by Crippen LogP contribution is -2.34. The van der Waals surface area contributed by atoms with Crippen molar-refractivity contribution in [2.45, 2.75) is 18.8 Å². The van der Waals surface area contributed by atoms with Crippen LogP contribution < -0.4 is 15.0 Å². The van der Waals surface area contributed by atoms with Crippen LogP contribution in [0.2, 0.25) is 5.15 Å². The van der Waals surface area contributed by atoms with E-state index in [-0.39, 0.29) is 5.91 Å². The fraction of sp³-hybridized carbons (Fsp3) is 0.400. The van der Waals surface area contributed by atoms with Crippen molar-refractivity contribution in [1.82, 2.24) is 10.3 Å². The molecule has 0 radical (unpaired) electrons. The summed E-state index contributed by atoms with van der Waals surface area (Å²) in [6.07, 6.45) is 3.83. The summed E-state index contributed by atoms with van der Waals surface area (Å²) in [6, 6.07) is 9.36. The molecule has 1 amide bonds. The molecule has 5 nitrogen and oxygen atoms in total.